The van der Waals surface area contributed by atoms with Crippen molar-refractivity contribution in [1.29, 1.82) is 0 Å². The van der Waals surface area contributed by atoms with Crippen molar-refractivity contribution < 1.29 is 17.6 Å². The zero-order valence-corrected chi connectivity index (χ0v) is 23.2. The van der Waals surface area contributed by atoms with Crippen LogP contribution >= 0.6 is 0 Å². The second-order valence-corrected chi connectivity index (χ2v) is 11.1. The maximum Gasteiger partial charge on any atom is 0.123 e. The van der Waals surface area contributed by atoms with Crippen molar-refractivity contribution >= 4 is 32.3 Å². The van der Waals surface area contributed by atoms with Crippen molar-refractivity contribution in [2.75, 3.05) is 0 Å². The summed E-state index contributed by atoms with van der Waals surface area (Å²) in [5.74, 6) is -1.44. The molecule has 210 valence electrons. The van der Waals surface area contributed by atoms with Gasteiger partial charge in [-0.1, -0.05) is 72.8 Å². The van der Waals surface area contributed by atoms with Crippen LogP contribution in [0.5, 0.6) is 0 Å². The first-order valence-electron chi connectivity index (χ1n) is 14.3. The van der Waals surface area contributed by atoms with Crippen LogP contribution in [0.1, 0.15) is 0 Å². The summed E-state index contributed by atoms with van der Waals surface area (Å²) in [5, 5.41) is 5.40. The molecule has 0 amide bonds. The Bertz CT molecular complexity index is 2060. The minimum absolute atomic E-state index is 0.359. The molecule has 0 aliphatic rings. The van der Waals surface area contributed by atoms with E-state index >= 15 is 0 Å². The summed E-state index contributed by atoms with van der Waals surface area (Å²) in [5.41, 5.74) is 5.96. The summed E-state index contributed by atoms with van der Waals surface area (Å²) in [4.78, 5) is 0. The maximum atomic E-state index is 14.6. The van der Waals surface area contributed by atoms with Crippen LogP contribution in [0, 0.1) is 23.3 Å². The van der Waals surface area contributed by atoms with E-state index in [4.69, 9.17) is 0 Å². The molecule has 8 aromatic carbocycles. The van der Waals surface area contributed by atoms with E-state index in [9.17, 15) is 17.6 Å². The molecule has 0 heterocycles. The number of hydrogen-bond acceptors (Lipinski definition) is 0. The van der Waals surface area contributed by atoms with Gasteiger partial charge in [0, 0.05) is 0 Å². The van der Waals surface area contributed by atoms with Gasteiger partial charge < -0.3 is 0 Å². The van der Waals surface area contributed by atoms with E-state index in [-0.39, 0.29) is 23.3 Å². The third-order valence-electron chi connectivity index (χ3n) is 8.44. The molecule has 4 heteroatoms. The molecule has 0 aromatic heterocycles. The number of benzene rings is 8. The first kappa shape index (κ1) is 26.2. The molecule has 0 radical (unpaired) electrons. The number of halogens is 4. The molecule has 0 unspecified atom stereocenters. The lowest BCUT2D eigenvalue weighted by atomic mass is 9.82. The van der Waals surface area contributed by atoms with Gasteiger partial charge in [0.2, 0.25) is 0 Å². The predicted octanol–water partition coefficient (Wildman–Crippen LogP) is 11.8. The normalized spacial score (nSPS) is 11.6. The average molecular weight is 579 g/mol. The lowest BCUT2D eigenvalue weighted by Crippen LogP contribution is -1.95. The third-order valence-corrected chi connectivity index (χ3v) is 8.44. The molecule has 0 aliphatic carbocycles. The fraction of sp³-hybridized carbons (Fsp3) is 0. The van der Waals surface area contributed by atoms with Gasteiger partial charge in [0.25, 0.3) is 0 Å². The van der Waals surface area contributed by atoms with Crippen molar-refractivity contribution in [3.8, 4) is 44.5 Å². The van der Waals surface area contributed by atoms with Crippen molar-refractivity contribution in [3.05, 3.63) is 157 Å². The lowest BCUT2D eigenvalue weighted by Gasteiger charge is -2.21. The molecule has 0 bridgehead atoms. The zero-order chi connectivity index (χ0) is 29.9. The van der Waals surface area contributed by atoms with E-state index in [1.807, 2.05) is 60.7 Å². The van der Waals surface area contributed by atoms with Gasteiger partial charge in [-0.15, -0.1) is 0 Å². The molecule has 8 aromatic rings. The quantitative estimate of drug-likeness (QED) is 0.144. The van der Waals surface area contributed by atoms with Gasteiger partial charge in [0.05, 0.1) is 0 Å². The van der Waals surface area contributed by atoms with Gasteiger partial charge in [0.1, 0.15) is 23.3 Å². The molecular formula is C40H22F4. The first-order chi connectivity index (χ1) is 21.4. The van der Waals surface area contributed by atoms with Crippen LogP contribution < -0.4 is 0 Å². The second kappa shape index (κ2) is 10.1. The minimum Gasteiger partial charge on any atom is -0.207 e. The van der Waals surface area contributed by atoms with Crippen LogP contribution in [0.2, 0.25) is 0 Å². The molecule has 0 saturated heterocycles. The van der Waals surface area contributed by atoms with Gasteiger partial charge in [-0.05, 0) is 137 Å². The van der Waals surface area contributed by atoms with Gasteiger partial charge in [0.15, 0.2) is 0 Å². The van der Waals surface area contributed by atoms with Crippen LogP contribution in [0.15, 0.2) is 133 Å². The summed E-state index contributed by atoms with van der Waals surface area (Å²) in [6.07, 6.45) is 0. The molecule has 44 heavy (non-hydrogen) atoms. The average Bonchev–Trinajstić information content (AvgIpc) is 3.03. The highest BCUT2D eigenvalue weighted by molar-refractivity contribution is 6.31. The molecule has 0 nitrogen and oxygen atoms in total. The molecule has 0 atom stereocenters. The first-order valence-corrected chi connectivity index (χ1v) is 14.3. The second-order valence-electron chi connectivity index (χ2n) is 11.1. The van der Waals surface area contributed by atoms with Gasteiger partial charge in [-0.2, -0.15) is 0 Å². The predicted molar refractivity (Wildman–Crippen MR) is 172 cm³/mol. The van der Waals surface area contributed by atoms with Crippen LogP contribution in [0.25, 0.3) is 76.8 Å². The fourth-order valence-corrected chi connectivity index (χ4v) is 6.57. The summed E-state index contributed by atoms with van der Waals surface area (Å²) >= 11 is 0. The summed E-state index contributed by atoms with van der Waals surface area (Å²) in [7, 11) is 0. The Morgan fingerprint density at radius 3 is 0.750 bits per heavy atom. The van der Waals surface area contributed by atoms with Gasteiger partial charge in [-0.3, -0.25) is 0 Å². The maximum absolute atomic E-state index is 14.6. The van der Waals surface area contributed by atoms with Crippen molar-refractivity contribution in [3.63, 3.8) is 0 Å². The standard InChI is InChI=1S/C40H22F4/c41-27-9-1-5-23(17-27)35-21-36(24-6-2-10-28(42)18-24)32-15-16-34-38(26-8-4-12-30(44)20-26)22-37(25-7-3-11-29(43)19-25)33-14-13-31(35)39(32)40(33)34/h1-22H. The molecule has 0 N–H and O–H groups in total. The lowest BCUT2D eigenvalue weighted by molar-refractivity contribution is 0.628. The number of hydrogen-bond donors (Lipinski definition) is 0. The Balaban J connectivity index is 1.59. The molecule has 0 spiro atoms. The SMILES string of the molecule is Fc1cccc(-c2cc(-c3cccc(F)c3)c3ccc4c(-c5cccc(F)c5)cc(-c5cccc(F)c5)c5ccc2c3c54)c1. The van der Waals surface area contributed by atoms with E-state index < -0.39 is 0 Å². The van der Waals surface area contributed by atoms with Crippen molar-refractivity contribution in [2.45, 2.75) is 0 Å². The summed E-state index contributed by atoms with van der Waals surface area (Å²) in [6, 6.07) is 37.8. The Morgan fingerprint density at radius 2 is 0.523 bits per heavy atom. The van der Waals surface area contributed by atoms with E-state index in [0.29, 0.717) is 22.3 Å². The largest absolute Gasteiger partial charge is 0.207 e. The monoisotopic (exact) mass is 578 g/mol. The highest BCUT2D eigenvalue weighted by Gasteiger charge is 2.21. The number of rotatable bonds is 4. The molecule has 0 saturated carbocycles. The smallest absolute Gasteiger partial charge is 0.123 e. The summed E-state index contributed by atoms with van der Waals surface area (Å²) in [6.45, 7) is 0. The van der Waals surface area contributed by atoms with E-state index in [1.54, 1.807) is 24.3 Å². The van der Waals surface area contributed by atoms with E-state index in [2.05, 4.69) is 0 Å². The molecular weight excluding hydrogens is 556 g/mol. The van der Waals surface area contributed by atoms with Crippen molar-refractivity contribution in [2.24, 2.45) is 0 Å². The third kappa shape index (κ3) is 4.22. The molecule has 8 rings (SSSR count). The highest BCUT2D eigenvalue weighted by atomic mass is 19.1. The van der Waals surface area contributed by atoms with Crippen LogP contribution in [0.3, 0.4) is 0 Å². The minimum atomic E-state index is -0.359. The van der Waals surface area contributed by atoms with Gasteiger partial charge in [-0.25, -0.2) is 17.6 Å². The van der Waals surface area contributed by atoms with Crippen LogP contribution in [0.4, 0.5) is 17.6 Å². The van der Waals surface area contributed by atoms with E-state index in [1.165, 1.54) is 48.5 Å². The van der Waals surface area contributed by atoms with Crippen LogP contribution in [-0.2, 0) is 0 Å². The van der Waals surface area contributed by atoms with Crippen molar-refractivity contribution in [1.82, 2.24) is 0 Å². The fourth-order valence-electron chi connectivity index (χ4n) is 6.57. The topological polar surface area (TPSA) is 0 Å². The Hall–Kier alpha value is -5.48. The molecule has 0 fully saturated rings. The summed E-state index contributed by atoms with van der Waals surface area (Å²) < 4.78 is 58.2. The zero-order valence-electron chi connectivity index (χ0n) is 23.2. The Labute approximate surface area is 250 Å². The molecule has 0 aliphatic heterocycles. The Morgan fingerprint density at radius 1 is 0.273 bits per heavy atom. The Kier molecular flexibility index (Phi) is 5.98. The highest BCUT2D eigenvalue weighted by Crippen LogP contribution is 2.48. The van der Waals surface area contributed by atoms with E-state index in [0.717, 1.165) is 54.6 Å². The van der Waals surface area contributed by atoms with Crippen LogP contribution in [-0.4, -0.2) is 0 Å². The van der Waals surface area contributed by atoms with Gasteiger partial charge >= 0.3 is 0 Å².